The number of aryl methyl sites for hydroxylation is 1. The molecule has 3 N–H and O–H groups in total. The van der Waals surface area contributed by atoms with Crippen molar-refractivity contribution in [2.24, 2.45) is 0 Å². The van der Waals surface area contributed by atoms with E-state index in [2.05, 4.69) is 55.3 Å². The highest BCUT2D eigenvalue weighted by atomic mass is 28.4. The lowest BCUT2D eigenvalue weighted by molar-refractivity contribution is -0.138. The summed E-state index contributed by atoms with van der Waals surface area (Å²) < 4.78 is 52.8. The fraction of sp³-hybridized carbons (Fsp3) is 0.317. The molecule has 1 fully saturated rings. The van der Waals surface area contributed by atoms with Gasteiger partial charge in [-0.3, -0.25) is 23.9 Å². The van der Waals surface area contributed by atoms with Crippen molar-refractivity contribution in [2.45, 2.75) is 88.9 Å². The number of carboxylic acids is 1. The van der Waals surface area contributed by atoms with Crippen LogP contribution in [0.3, 0.4) is 0 Å². The summed E-state index contributed by atoms with van der Waals surface area (Å²) in [6.45, 7) is 7.75. The first kappa shape index (κ1) is 59.2. The Kier molecular flexibility index (Phi) is 19.4. The Bertz CT molecular complexity index is 3260. The number of nitrogens with zero attached hydrogens (tertiary/aromatic N) is 1. The minimum absolute atomic E-state index is 0.0180. The number of aromatic amines is 1. The summed E-state index contributed by atoms with van der Waals surface area (Å²) in [6.07, 6.45) is -4.14. The van der Waals surface area contributed by atoms with E-state index in [-0.39, 0.29) is 56.9 Å². The lowest BCUT2D eigenvalue weighted by Crippen LogP contribution is -2.66. The third-order valence-corrected chi connectivity index (χ3v) is 19.5. The molecule has 0 bridgehead atoms. The standard InChI is InChI=1S/C63H69N3O14Si/c1-42-39-66(61(72)65-58(42)70)59-57(76-36-35-73-5)56(53(79-59)41-77-63(45-17-11-8-12-18-45,46-24-28-48(74-6)29-25-46)47-26-30-49(75-7)31-27-47)80-60(71)52-32-23-43(38-64-54(67)33-34-55(68)69)37-44(52)40-78-81(62(2,3)4,50-19-13-9-14-20-50)51-21-15-10-16-22-51/h8-32,37,39,53,56-57,59H,33-36,38,40-41H2,1-7H3,(H,64,67)(H,68,69)(H,65,70,72)/t53-,56+,57+,59-/m1/s1. The van der Waals surface area contributed by atoms with Crippen LogP contribution >= 0.6 is 0 Å². The summed E-state index contributed by atoms with van der Waals surface area (Å²) >= 11 is 0. The Labute approximate surface area is 471 Å². The molecular formula is C63H69N3O14Si. The van der Waals surface area contributed by atoms with Gasteiger partial charge in [-0.15, -0.1) is 0 Å². The summed E-state index contributed by atoms with van der Waals surface area (Å²) in [6, 6.07) is 49.8. The van der Waals surface area contributed by atoms with Crippen LogP contribution in [0.15, 0.2) is 174 Å². The molecule has 6 aromatic carbocycles. The van der Waals surface area contributed by atoms with Gasteiger partial charge in [-0.25, -0.2) is 9.59 Å². The summed E-state index contributed by atoms with van der Waals surface area (Å²) in [7, 11) is 1.44. The molecule has 1 amide bonds. The highest BCUT2D eigenvalue weighted by molar-refractivity contribution is 6.99. The molecule has 0 unspecified atom stereocenters. The molecule has 1 saturated heterocycles. The van der Waals surface area contributed by atoms with Crippen molar-refractivity contribution in [2.75, 3.05) is 41.2 Å². The van der Waals surface area contributed by atoms with Crippen LogP contribution in [0, 0.1) is 6.92 Å². The van der Waals surface area contributed by atoms with E-state index >= 15 is 4.79 Å². The molecule has 8 rings (SSSR count). The van der Waals surface area contributed by atoms with Gasteiger partial charge in [0.25, 0.3) is 13.9 Å². The first-order valence-corrected chi connectivity index (χ1v) is 28.6. The quantitative estimate of drug-likeness (QED) is 0.0218. The van der Waals surface area contributed by atoms with Crippen LogP contribution in [0.1, 0.15) is 83.6 Å². The van der Waals surface area contributed by atoms with Gasteiger partial charge in [0.2, 0.25) is 5.91 Å². The first-order valence-electron chi connectivity index (χ1n) is 26.7. The molecular weight excluding hydrogens is 1050 g/mol. The van der Waals surface area contributed by atoms with Gasteiger partial charge in [0.05, 0.1) is 52.6 Å². The van der Waals surface area contributed by atoms with Crippen LogP contribution in [0.25, 0.3) is 0 Å². The summed E-state index contributed by atoms with van der Waals surface area (Å²) in [5.41, 5.74) is 0.814. The third kappa shape index (κ3) is 13.3. The van der Waals surface area contributed by atoms with Crippen LogP contribution in [0.2, 0.25) is 5.04 Å². The van der Waals surface area contributed by atoms with Gasteiger partial charge in [0.1, 0.15) is 29.3 Å². The van der Waals surface area contributed by atoms with E-state index in [1.807, 2.05) is 115 Å². The van der Waals surface area contributed by atoms with Gasteiger partial charge in [-0.2, -0.15) is 0 Å². The molecule has 17 nitrogen and oxygen atoms in total. The lowest BCUT2D eigenvalue weighted by atomic mass is 9.80. The largest absolute Gasteiger partial charge is 0.497 e. The minimum atomic E-state index is -3.24. The number of amides is 1. The van der Waals surface area contributed by atoms with Gasteiger partial charge in [0, 0.05) is 31.8 Å². The smallest absolute Gasteiger partial charge is 0.338 e. The van der Waals surface area contributed by atoms with E-state index in [0.717, 1.165) is 15.9 Å². The highest BCUT2D eigenvalue weighted by Gasteiger charge is 2.52. The highest BCUT2D eigenvalue weighted by Crippen LogP contribution is 2.44. The zero-order valence-corrected chi connectivity index (χ0v) is 47.5. The number of rotatable bonds is 25. The van der Waals surface area contributed by atoms with Crippen LogP contribution in [0.4, 0.5) is 0 Å². The molecule has 0 saturated carbocycles. The molecule has 1 aliphatic heterocycles. The number of aliphatic carboxylic acids is 1. The number of ether oxygens (including phenoxy) is 7. The minimum Gasteiger partial charge on any atom is -0.497 e. The number of methoxy groups -OCH3 is 3. The molecule has 424 valence electrons. The van der Waals surface area contributed by atoms with Crippen molar-refractivity contribution >= 4 is 36.5 Å². The van der Waals surface area contributed by atoms with Crippen molar-refractivity contribution in [3.63, 3.8) is 0 Å². The predicted molar refractivity (Wildman–Crippen MR) is 307 cm³/mol. The number of hydrogen-bond donors (Lipinski definition) is 3. The van der Waals surface area contributed by atoms with E-state index < -0.39 is 72.6 Å². The number of carboxylic acid groups (broad SMARTS) is 1. The topological polar surface area (TPSA) is 212 Å². The van der Waals surface area contributed by atoms with Gasteiger partial charge >= 0.3 is 17.6 Å². The van der Waals surface area contributed by atoms with Crippen molar-refractivity contribution in [1.29, 1.82) is 0 Å². The predicted octanol–water partition coefficient (Wildman–Crippen LogP) is 7.58. The third-order valence-electron chi connectivity index (χ3n) is 14.5. The van der Waals surface area contributed by atoms with Gasteiger partial charge < -0.3 is 48.0 Å². The van der Waals surface area contributed by atoms with E-state index in [0.29, 0.717) is 33.8 Å². The summed E-state index contributed by atoms with van der Waals surface area (Å²) in [5.74, 6) is -1.11. The SMILES string of the molecule is COCCO[C@H]1[C@@H](OC(=O)c2ccc(CNC(=O)CCC(=O)O)cc2CO[Si](c2ccccc2)(c2ccccc2)C(C)(C)C)[C@@H](COC(c2ccccc2)(c2ccc(OC)cc2)c2ccc(OC)cc2)O[C@H]1n1cc(C)c(=O)[nH]c1=O. The second kappa shape index (κ2) is 26.5. The van der Waals surface area contributed by atoms with Gasteiger partial charge in [-0.1, -0.05) is 148 Å². The van der Waals surface area contributed by atoms with E-state index in [1.54, 1.807) is 39.3 Å². The first-order chi connectivity index (χ1) is 39.0. The second-order valence-electron chi connectivity index (χ2n) is 20.7. The zero-order chi connectivity index (χ0) is 57.7. The Hall–Kier alpha value is -7.97. The van der Waals surface area contributed by atoms with Crippen LogP contribution in [-0.4, -0.2) is 100 Å². The number of carbonyl (C=O) groups excluding carboxylic acids is 2. The average Bonchev–Trinajstić information content (AvgIpc) is 3.83. The number of H-pyrrole nitrogens is 1. The molecule has 7 aromatic rings. The van der Waals surface area contributed by atoms with Crippen LogP contribution in [0.5, 0.6) is 11.5 Å². The number of hydrogen-bond acceptors (Lipinski definition) is 13. The molecule has 0 aliphatic carbocycles. The van der Waals surface area contributed by atoms with Crippen molar-refractivity contribution in [1.82, 2.24) is 14.9 Å². The Morgan fingerprint density at radius 1 is 0.716 bits per heavy atom. The molecule has 1 aliphatic rings. The number of benzene rings is 6. The van der Waals surface area contributed by atoms with Crippen molar-refractivity contribution in [3.05, 3.63) is 224 Å². The van der Waals surface area contributed by atoms with Crippen LogP contribution < -0.4 is 36.4 Å². The molecule has 4 atom stereocenters. The second-order valence-corrected chi connectivity index (χ2v) is 25.0. The van der Waals surface area contributed by atoms with Crippen molar-refractivity contribution < 1.29 is 57.1 Å². The number of carbonyl (C=O) groups is 3. The van der Waals surface area contributed by atoms with Gasteiger partial charge in [0.15, 0.2) is 12.3 Å². The molecule has 0 spiro atoms. The van der Waals surface area contributed by atoms with E-state index in [9.17, 15) is 24.3 Å². The number of aromatic nitrogens is 2. The van der Waals surface area contributed by atoms with E-state index in [1.165, 1.54) is 17.9 Å². The maximum Gasteiger partial charge on any atom is 0.338 e. The lowest BCUT2D eigenvalue weighted by Gasteiger charge is -2.43. The molecule has 81 heavy (non-hydrogen) atoms. The average molecular weight is 1120 g/mol. The number of esters is 1. The van der Waals surface area contributed by atoms with Crippen LogP contribution in [-0.2, 0) is 56.5 Å². The van der Waals surface area contributed by atoms with Gasteiger partial charge in [-0.05, 0) is 80.5 Å². The molecule has 1 aromatic heterocycles. The Morgan fingerprint density at radius 2 is 1.28 bits per heavy atom. The van der Waals surface area contributed by atoms with E-state index in [4.69, 9.17) is 37.6 Å². The molecule has 0 radical (unpaired) electrons. The molecule has 2 heterocycles. The summed E-state index contributed by atoms with van der Waals surface area (Å²) in [4.78, 5) is 68.8. The van der Waals surface area contributed by atoms with Crippen molar-refractivity contribution in [3.8, 4) is 11.5 Å². The maximum absolute atomic E-state index is 15.5. The monoisotopic (exact) mass is 1120 g/mol. The summed E-state index contributed by atoms with van der Waals surface area (Å²) in [5, 5.41) is 13.6. The zero-order valence-electron chi connectivity index (χ0n) is 46.5. The fourth-order valence-electron chi connectivity index (χ4n) is 10.4. The number of nitrogens with one attached hydrogen (secondary N) is 2. The normalized spacial score (nSPS) is 16.4. The Balaban J connectivity index is 1.25. The maximum atomic E-state index is 15.5. The fourth-order valence-corrected chi connectivity index (χ4v) is 15.0. The molecule has 18 heteroatoms. The Morgan fingerprint density at radius 3 is 1.83 bits per heavy atom.